The average molecular weight is 213 g/mol. The molecule has 0 radical (unpaired) electrons. The Morgan fingerprint density at radius 1 is 1.67 bits per heavy atom. The van der Waals surface area contributed by atoms with E-state index in [2.05, 4.69) is 9.84 Å². The minimum Gasteiger partial charge on any atom is -0.488 e. The maximum atomic E-state index is 13.3. The lowest BCUT2D eigenvalue weighted by molar-refractivity contribution is -0.386. The molecule has 0 unspecified atom stereocenters. The molecular formula is C8H8FN3O3. The third-order valence-electron chi connectivity index (χ3n) is 1.67. The Bertz CT molecular complexity index is 420. The Morgan fingerprint density at radius 2 is 2.33 bits per heavy atom. The third kappa shape index (κ3) is 2.19. The highest BCUT2D eigenvalue weighted by atomic mass is 19.1. The number of rotatable bonds is 3. The highest BCUT2D eigenvalue weighted by Gasteiger charge is 2.20. The molecule has 0 atom stereocenters. The van der Waals surface area contributed by atoms with Gasteiger partial charge in [-0.1, -0.05) is 0 Å². The number of halogens is 1. The lowest BCUT2D eigenvalue weighted by Crippen LogP contribution is -1.99. The molecule has 0 aliphatic carbocycles. The van der Waals surface area contributed by atoms with Gasteiger partial charge in [0, 0.05) is 11.6 Å². The zero-order valence-electron chi connectivity index (χ0n) is 7.81. The summed E-state index contributed by atoms with van der Waals surface area (Å²) in [7, 11) is 1.15. The van der Waals surface area contributed by atoms with E-state index in [-0.39, 0.29) is 5.56 Å². The van der Waals surface area contributed by atoms with Crippen LogP contribution in [0.25, 0.3) is 0 Å². The normalized spacial score (nSPS) is 10.5. The monoisotopic (exact) mass is 213 g/mol. The fourth-order valence-corrected chi connectivity index (χ4v) is 1.10. The second-order valence-corrected chi connectivity index (χ2v) is 2.59. The number of benzene rings is 1. The number of methoxy groups -OCH3 is 1. The predicted octanol–water partition coefficient (Wildman–Crippen LogP) is 1.04. The van der Waals surface area contributed by atoms with Gasteiger partial charge in [-0.25, -0.2) is 4.39 Å². The number of nitro benzene ring substituents is 1. The maximum absolute atomic E-state index is 13.3. The van der Waals surface area contributed by atoms with Crippen LogP contribution in [-0.2, 0) is 0 Å². The van der Waals surface area contributed by atoms with Crippen LogP contribution >= 0.6 is 0 Å². The van der Waals surface area contributed by atoms with Crippen molar-refractivity contribution in [3.63, 3.8) is 0 Å². The van der Waals surface area contributed by atoms with Crippen molar-refractivity contribution in [2.75, 3.05) is 7.11 Å². The van der Waals surface area contributed by atoms with Crippen LogP contribution in [0.5, 0.6) is 5.75 Å². The van der Waals surface area contributed by atoms with Gasteiger partial charge in [0.1, 0.15) is 0 Å². The molecule has 6 nitrogen and oxygen atoms in total. The topological polar surface area (TPSA) is 90.8 Å². The molecule has 0 spiro atoms. The Hall–Kier alpha value is -2.18. The number of hydrogen-bond donors (Lipinski definition) is 1. The summed E-state index contributed by atoms with van der Waals surface area (Å²) in [6.07, 6.45) is 1.11. The Kier molecular flexibility index (Phi) is 3.17. The molecule has 0 bridgehead atoms. The minimum absolute atomic E-state index is 0.197. The van der Waals surface area contributed by atoms with Crippen molar-refractivity contribution in [3.8, 4) is 5.75 Å². The van der Waals surface area contributed by atoms with Crippen molar-refractivity contribution in [1.82, 2.24) is 0 Å². The first-order valence-corrected chi connectivity index (χ1v) is 3.85. The number of nitrogens with zero attached hydrogens (tertiary/aromatic N) is 2. The quantitative estimate of drug-likeness (QED) is 0.351. The molecule has 0 aliphatic rings. The van der Waals surface area contributed by atoms with Crippen molar-refractivity contribution in [1.29, 1.82) is 0 Å². The van der Waals surface area contributed by atoms with Crippen LogP contribution in [0.1, 0.15) is 5.56 Å². The van der Waals surface area contributed by atoms with Gasteiger partial charge >= 0.3 is 5.69 Å². The molecule has 15 heavy (non-hydrogen) atoms. The van der Waals surface area contributed by atoms with Crippen LogP contribution in [0, 0.1) is 15.9 Å². The van der Waals surface area contributed by atoms with Crippen molar-refractivity contribution < 1.29 is 14.1 Å². The van der Waals surface area contributed by atoms with Crippen molar-refractivity contribution in [3.05, 3.63) is 33.6 Å². The minimum atomic E-state index is -0.832. The molecule has 0 heterocycles. The SMILES string of the molecule is COc1c(F)cc(C=NN)cc1[N+](=O)[O-]. The Morgan fingerprint density at radius 3 is 2.80 bits per heavy atom. The van der Waals surface area contributed by atoms with Gasteiger partial charge in [0.05, 0.1) is 18.2 Å². The first-order valence-electron chi connectivity index (χ1n) is 3.85. The zero-order valence-corrected chi connectivity index (χ0v) is 7.81. The van der Waals surface area contributed by atoms with Gasteiger partial charge in [0.15, 0.2) is 5.82 Å². The Balaban J connectivity index is 3.38. The average Bonchev–Trinajstić information content (AvgIpc) is 2.17. The van der Waals surface area contributed by atoms with E-state index in [0.29, 0.717) is 0 Å². The summed E-state index contributed by atoms with van der Waals surface area (Å²) in [4.78, 5) is 9.83. The van der Waals surface area contributed by atoms with Gasteiger partial charge in [0.2, 0.25) is 5.75 Å². The van der Waals surface area contributed by atoms with E-state index < -0.39 is 22.2 Å². The highest BCUT2D eigenvalue weighted by Crippen LogP contribution is 2.30. The summed E-state index contributed by atoms with van der Waals surface area (Å²) in [5.41, 5.74) is -0.269. The van der Waals surface area contributed by atoms with Crippen LogP contribution in [0.4, 0.5) is 10.1 Å². The molecule has 1 rings (SSSR count). The van der Waals surface area contributed by atoms with Crippen LogP contribution < -0.4 is 10.6 Å². The maximum Gasteiger partial charge on any atom is 0.314 e. The number of nitro groups is 1. The van der Waals surface area contributed by atoms with Gasteiger partial charge in [-0.2, -0.15) is 5.10 Å². The van der Waals surface area contributed by atoms with E-state index in [1.807, 2.05) is 0 Å². The molecule has 1 aromatic carbocycles. The summed E-state index contributed by atoms with van der Waals surface area (Å²) < 4.78 is 17.8. The molecule has 0 saturated carbocycles. The van der Waals surface area contributed by atoms with E-state index in [9.17, 15) is 14.5 Å². The lowest BCUT2D eigenvalue weighted by Gasteiger charge is -2.03. The van der Waals surface area contributed by atoms with Crippen molar-refractivity contribution >= 4 is 11.9 Å². The molecule has 0 aromatic heterocycles. The van der Waals surface area contributed by atoms with E-state index in [0.717, 1.165) is 25.5 Å². The van der Waals surface area contributed by atoms with Crippen molar-refractivity contribution in [2.24, 2.45) is 10.9 Å². The highest BCUT2D eigenvalue weighted by molar-refractivity contribution is 5.81. The van der Waals surface area contributed by atoms with E-state index in [4.69, 9.17) is 5.84 Å². The summed E-state index contributed by atoms with van der Waals surface area (Å²) in [5.74, 6) is 3.61. The smallest absolute Gasteiger partial charge is 0.314 e. The van der Waals surface area contributed by atoms with Gasteiger partial charge in [-0.05, 0) is 6.07 Å². The molecular weight excluding hydrogens is 205 g/mol. The summed E-state index contributed by atoms with van der Waals surface area (Å²) in [6.45, 7) is 0. The van der Waals surface area contributed by atoms with Gasteiger partial charge in [0.25, 0.3) is 0 Å². The van der Waals surface area contributed by atoms with E-state index in [1.165, 1.54) is 0 Å². The van der Waals surface area contributed by atoms with E-state index in [1.54, 1.807) is 0 Å². The standard InChI is InChI=1S/C8H8FN3O3/c1-15-8-6(9)2-5(4-11-10)3-7(8)12(13)14/h2-4H,10H2,1H3. The molecule has 7 heteroatoms. The lowest BCUT2D eigenvalue weighted by atomic mass is 10.2. The zero-order chi connectivity index (χ0) is 11.4. The van der Waals surface area contributed by atoms with Crippen molar-refractivity contribution in [2.45, 2.75) is 0 Å². The summed E-state index contributed by atoms with van der Waals surface area (Å²) >= 11 is 0. The molecule has 0 fully saturated rings. The summed E-state index contributed by atoms with van der Waals surface area (Å²) in [6, 6.07) is 2.17. The van der Waals surface area contributed by atoms with Crippen LogP contribution in [-0.4, -0.2) is 18.2 Å². The predicted molar refractivity (Wildman–Crippen MR) is 51.4 cm³/mol. The molecule has 0 aliphatic heterocycles. The van der Waals surface area contributed by atoms with Crippen LogP contribution in [0.2, 0.25) is 0 Å². The fourth-order valence-electron chi connectivity index (χ4n) is 1.10. The van der Waals surface area contributed by atoms with Gasteiger partial charge < -0.3 is 10.6 Å². The van der Waals surface area contributed by atoms with Gasteiger partial charge in [-0.15, -0.1) is 0 Å². The van der Waals surface area contributed by atoms with Crippen LogP contribution in [0.15, 0.2) is 17.2 Å². The second-order valence-electron chi connectivity index (χ2n) is 2.59. The number of nitrogens with two attached hydrogens (primary N) is 1. The summed E-state index contributed by atoms with van der Waals surface area (Å²) in [5, 5.41) is 13.7. The third-order valence-corrected chi connectivity index (χ3v) is 1.67. The molecule has 0 amide bonds. The van der Waals surface area contributed by atoms with Crippen LogP contribution in [0.3, 0.4) is 0 Å². The molecule has 0 saturated heterocycles. The van der Waals surface area contributed by atoms with Gasteiger partial charge in [-0.3, -0.25) is 10.1 Å². The number of hydrazone groups is 1. The largest absolute Gasteiger partial charge is 0.488 e. The first-order chi connectivity index (χ1) is 7.10. The molecule has 80 valence electrons. The Labute approximate surface area is 84.3 Å². The number of ether oxygens (including phenoxy) is 1. The first kappa shape index (κ1) is 10.9. The number of hydrogen-bond acceptors (Lipinski definition) is 5. The second kappa shape index (κ2) is 4.36. The molecule has 2 N–H and O–H groups in total. The fraction of sp³-hybridized carbons (Fsp3) is 0.125. The molecule has 1 aromatic rings. The van der Waals surface area contributed by atoms with E-state index >= 15 is 0 Å².